The van der Waals surface area contributed by atoms with Gasteiger partial charge in [0, 0.05) is 6.54 Å². The van der Waals surface area contributed by atoms with E-state index in [1.165, 1.54) is 0 Å². The maximum atomic E-state index is 13.1. The van der Waals surface area contributed by atoms with Crippen molar-refractivity contribution < 1.29 is 9.13 Å². The standard InChI is InChI=1S/C10H14FN3O/c1-3-5-6-15-9-8(11)7-13-10(14-9)12-4-2/h3,7H,1,4-6H2,2H3,(H,12,13,14). The highest BCUT2D eigenvalue weighted by molar-refractivity contribution is 5.27. The molecule has 0 aliphatic heterocycles. The van der Waals surface area contributed by atoms with Crippen LogP contribution < -0.4 is 10.1 Å². The van der Waals surface area contributed by atoms with Crippen molar-refractivity contribution >= 4 is 5.95 Å². The monoisotopic (exact) mass is 211 g/mol. The van der Waals surface area contributed by atoms with Gasteiger partial charge in [0.15, 0.2) is 0 Å². The highest BCUT2D eigenvalue weighted by Crippen LogP contribution is 2.14. The Morgan fingerprint density at radius 3 is 3.13 bits per heavy atom. The quantitative estimate of drug-likeness (QED) is 0.577. The molecule has 1 heterocycles. The number of nitrogens with one attached hydrogen (secondary N) is 1. The Kier molecular flexibility index (Phi) is 4.53. The number of hydrogen-bond donors (Lipinski definition) is 1. The normalized spacial score (nSPS) is 9.73. The SMILES string of the molecule is C=CCCOc1nc(NCC)ncc1F. The lowest BCUT2D eigenvalue weighted by molar-refractivity contribution is 0.294. The van der Waals surface area contributed by atoms with Gasteiger partial charge in [-0.15, -0.1) is 6.58 Å². The molecule has 1 N–H and O–H groups in total. The summed E-state index contributed by atoms with van der Waals surface area (Å²) in [5.41, 5.74) is 0. The molecule has 0 saturated carbocycles. The van der Waals surface area contributed by atoms with E-state index in [2.05, 4.69) is 21.9 Å². The first-order valence-corrected chi connectivity index (χ1v) is 4.78. The van der Waals surface area contributed by atoms with Crippen molar-refractivity contribution in [3.63, 3.8) is 0 Å². The molecule has 0 atom stereocenters. The molecular weight excluding hydrogens is 197 g/mol. The van der Waals surface area contributed by atoms with Crippen molar-refractivity contribution in [2.45, 2.75) is 13.3 Å². The Balaban J connectivity index is 2.67. The fraction of sp³-hybridized carbons (Fsp3) is 0.400. The second kappa shape index (κ2) is 5.95. The van der Waals surface area contributed by atoms with E-state index in [1.54, 1.807) is 6.08 Å². The van der Waals surface area contributed by atoms with Gasteiger partial charge in [0.25, 0.3) is 5.88 Å². The molecule has 0 bridgehead atoms. The first-order chi connectivity index (χ1) is 7.27. The van der Waals surface area contributed by atoms with E-state index in [9.17, 15) is 4.39 Å². The predicted molar refractivity (Wildman–Crippen MR) is 56.5 cm³/mol. The summed E-state index contributed by atoms with van der Waals surface area (Å²) in [6.45, 7) is 6.49. The van der Waals surface area contributed by atoms with Crippen LogP contribution in [0.2, 0.25) is 0 Å². The summed E-state index contributed by atoms with van der Waals surface area (Å²) in [6, 6.07) is 0. The molecule has 0 fully saturated rings. The van der Waals surface area contributed by atoms with Crippen LogP contribution in [0.5, 0.6) is 5.88 Å². The summed E-state index contributed by atoms with van der Waals surface area (Å²) in [5.74, 6) is -0.212. The number of halogens is 1. The summed E-state index contributed by atoms with van der Waals surface area (Å²) in [6.07, 6.45) is 3.44. The molecule has 0 aromatic carbocycles. The van der Waals surface area contributed by atoms with Crippen LogP contribution in [0.25, 0.3) is 0 Å². The van der Waals surface area contributed by atoms with E-state index in [4.69, 9.17) is 4.74 Å². The van der Waals surface area contributed by atoms with E-state index in [0.29, 0.717) is 25.5 Å². The molecule has 0 saturated heterocycles. The Labute approximate surface area is 88.2 Å². The molecule has 0 unspecified atom stereocenters. The minimum atomic E-state index is -0.555. The molecule has 1 aromatic heterocycles. The maximum Gasteiger partial charge on any atom is 0.255 e. The molecule has 82 valence electrons. The fourth-order valence-electron chi connectivity index (χ4n) is 0.935. The zero-order valence-corrected chi connectivity index (χ0v) is 8.66. The predicted octanol–water partition coefficient (Wildman–Crippen LogP) is 2.00. The van der Waals surface area contributed by atoms with Crippen molar-refractivity contribution in [3.05, 3.63) is 24.7 Å². The van der Waals surface area contributed by atoms with Crippen LogP contribution in [0.1, 0.15) is 13.3 Å². The van der Waals surface area contributed by atoms with Crippen molar-refractivity contribution in [1.29, 1.82) is 0 Å². The summed E-state index contributed by atoms with van der Waals surface area (Å²) in [5, 5.41) is 2.88. The summed E-state index contributed by atoms with van der Waals surface area (Å²) in [4.78, 5) is 7.64. The van der Waals surface area contributed by atoms with Crippen molar-refractivity contribution in [3.8, 4) is 5.88 Å². The third-order valence-corrected chi connectivity index (χ3v) is 1.61. The van der Waals surface area contributed by atoms with Gasteiger partial charge in [-0.3, -0.25) is 0 Å². The lowest BCUT2D eigenvalue weighted by Gasteiger charge is -2.06. The minimum Gasteiger partial charge on any atom is -0.475 e. The van der Waals surface area contributed by atoms with Gasteiger partial charge in [0.05, 0.1) is 12.8 Å². The molecule has 5 heteroatoms. The van der Waals surface area contributed by atoms with Gasteiger partial charge in [0.2, 0.25) is 11.8 Å². The number of aromatic nitrogens is 2. The van der Waals surface area contributed by atoms with E-state index < -0.39 is 5.82 Å². The Hall–Kier alpha value is -1.65. The fourth-order valence-corrected chi connectivity index (χ4v) is 0.935. The second-order valence-electron chi connectivity index (χ2n) is 2.80. The zero-order chi connectivity index (χ0) is 11.1. The van der Waals surface area contributed by atoms with Gasteiger partial charge >= 0.3 is 0 Å². The van der Waals surface area contributed by atoms with E-state index in [1.807, 2.05) is 6.92 Å². The molecule has 0 radical (unpaired) electrons. The molecule has 4 nitrogen and oxygen atoms in total. The molecule has 15 heavy (non-hydrogen) atoms. The van der Waals surface area contributed by atoms with Gasteiger partial charge < -0.3 is 10.1 Å². The number of rotatable bonds is 6. The van der Waals surface area contributed by atoms with Crippen molar-refractivity contribution in [2.75, 3.05) is 18.5 Å². The number of hydrogen-bond acceptors (Lipinski definition) is 4. The summed E-state index contributed by atoms with van der Waals surface area (Å²) < 4.78 is 18.3. The van der Waals surface area contributed by atoms with Crippen LogP contribution in [-0.2, 0) is 0 Å². The molecule has 0 aliphatic rings. The molecule has 0 spiro atoms. The molecule has 1 aromatic rings. The maximum absolute atomic E-state index is 13.1. The average molecular weight is 211 g/mol. The lowest BCUT2D eigenvalue weighted by Crippen LogP contribution is -2.06. The zero-order valence-electron chi connectivity index (χ0n) is 8.66. The van der Waals surface area contributed by atoms with Crippen LogP contribution >= 0.6 is 0 Å². The number of ether oxygens (including phenoxy) is 1. The van der Waals surface area contributed by atoms with Gasteiger partial charge in [-0.1, -0.05) is 6.08 Å². The van der Waals surface area contributed by atoms with Gasteiger partial charge in [-0.05, 0) is 13.3 Å². The Morgan fingerprint density at radius 1 is 1.67 bits per heavy atom. The van der Waals surface area contributed by atoms with Crippen LogP contribution in [-0.4, -0.2) is 23.1 Å². The molecule has 1 rings (SSSR count). The van der Waals surface area contributed by atoms with Crippen molar-refractivity contribution in [2.24, 2.45) is 0 Å². The molecule has 0 amide bonds. The lowest BCUT2D eigenvalue weighted by atomic mass is 10.4. The number of anilines is 1. The van der Waals surface area contributed by atoms with Crippen molar-refractivity contribution in [1.82, 2.24) is 9.97 Å². The van der Waals surface area contributed by atoms with Gasteiger partial charge in [-0.2, -0.15) is 9.37 Å². The highest BCUT2D eigenvalue weighted by Gasteiger charge is 2.06. The highest BCUT2D eigenvalue weighted by atomic mass is 19.1. The summed E-state index contributed by atoms with van der Waals surface area (Å²) in [7, 11) is 0. The van der Waals surface area contributed by atoms with Crippen LogP contribution in [0.15, 0.2) is 18.9 Å². The number of nitrogens with zero attached hydrogens (tertiary/aromatic N) is 2. The molecular formula is C10H14FN3O. The molecule has 0 aliphatic carbocycles. The second-order valence-corrected chi connectivity index (χ2v) is 2.80. The van der Waals surface area contributed by atoms with E-state index in [-0.39, 0.29) is 5.88 Å². The Morgan fingerprint density at radius 2 is 2.47 bits per heavy atom. The third-order valence-electron chi connectivity index (χ3n) is 1.61. The first-order valence-electron chi connectivity index (χ1n) is 4.78. The minimum absolute atomic E-state index is 0.0252. The third kappa shape index (κ3) is 3.53. The van der Waals surface area contributed by atoms with E-state index in [0.717, 1.165) is 6.20 Å². The van der Waals surface area contributed by atoms with Crippen LogP contribution in [0, 0.1) is 5.82 Å². The summed E-state index contributed by atoms with van der Waals surface area (Å²) >= 11 is 0. The van der Waals surface area contributed by atoms with E-state index >= 15 is 0 Å². The first kappa shape index (κ1) is 11.4. The van der Waals surface area contributed by atoms with Crippen LogP contribution in [0.3, 0.4) is 0 Å². The Bertz CT molecular complexity index is 330. The van der Waals surface area contributed by atoms with Gasteiger partial charge in [-0.25, -0.2) is 4.98 Å². The van der Waals surface area contributed by atoms with Crippen LogP contribution in [0.4, 0.5) is 10.3 Å². The topological polar surface area (TPSA) is 47.0 Å². The van der Waals surface area contributed by atoms with Gasteiger partial charge in [0.1, 0.15) is 0 Å². The largest absolute Gasteiger partial charge is 0.475 e. The smallest absolute Gasteiger partial charge is 0.255 e. The average Bonchev–Trinajstić information content (AvgIpc) is 2.23.